The average Bonchev–Trinajstić information content (AvgIpc) is 2.67. The molecule has 0 aliphatic carbocycles. The minimum absolute atomic E-state index is 0.0177. The topological polar surface area (TPSA) is 68.5 Å². The van der Waals surface area contributed by atoms with Gasteiger partial charge in [-0.1, -0.05) is 41.9 Å². The van der Waals surface area contributed by atoms with Crippen LogP contribution in [-0.2, 0) is 0 Å². The SMILES string of the molecule is CCOc1cccc(/C=N\Nc2cnn(-c3ccccc3)c(=O)c2Cl)c1. The summed E-state index contributed by atoms with van der Waals surface area (Å²) in [4.78, 5) is 12.4. The molecule has 0 bridgehead atoms. The van der Waals surface area contributed by atoms with Gasteiger partial charge in [-0.2, -0.15) is 14.9 Å². The van der Waals surface area contributed by atoms with Crippen LogP contribution in [-0.4, -0.2) is 22.6 Å². The minimum Gasteiger partial charge on any atom is -0.494 e. The van der Waals surface area contributed by atoms with Gasteiger partial charge in [0.1, 0.15) is 16.5 Å². The lowest BCUT2D eigenvalue weighted by Crippen LogP contribution is -2.22. The number of nitrogens with zero attached hydrogens (tertiary/aromatic N) is 3. The number of benzene rings is 2. The third-order valence-corrected chi connectivity index (χ3v) is 3.85. The molecule has 1 aromatic heterocycles. The Balaban J connectivity index is 1.78. The first-order valence-electron chi connectivity index (χ1n) is 8.04. The summed E-state index contributed by atoms with van der Waals surface area (Å²) < 4.78 is 6.68. The van der Waals surface area contributed by atoms with Gasteiger partial charge < -0.3 is 4.74 Å². The third-order valence-electron chi connectivity index (χ3n) is 3.49. The Morgan fingerprint density at radius 2 is 2.04 bits per heavy atom. The van der Waals surface area contributed by atoms with Crippen molar-refractivity contribution in [1.82, 2.24) is 9.78 Å². The van der Waals surface area contributed by atoms with E-state index in [1.54, 1.807) is 18.3 Å². The highest BCUT2D eigenvalue weighted by Crippen LogP contribution is 2.17. The molecule has 0 radical (unpaired) electrons. The van der Waals surface area contributed by atoms with Crippen molar-refractivity contribution in [3.05, 3.63) is 81.7 Å². The predicted molar refractivity (Wildman–Crippen MR) is 104 cm³/mol. The van der Waals surface area contributed by atoms with E-state index in [9.17, 15) is 4.79 Å². The largest absolute Gasteiger partial charge is 0.494 e. The maximum Gasteiger partial charge on any atom is 0.292 e. The quantitative estimate of drug-likeness (QED) is 0.531. The zero-order chi connectivity index (χ0) is 18.4. The van der Waals surface area contributed by atoms with Gasteiger partial charge in [0.2, 0.25) is 0 Å². The van der Waals surface area contributed by atoms with Crippen LogP contribution in [0.4, 0.5) is 5.69 Å². The van der Waals surface area contributed by atoms with Crippen LogP contribution in [0.5, 0.6) is 5.75 Å². The molecule has 3 aromatic rings. The smallest absolute Gasteiger partial charge is 0.292 e. The number of rotatable bonds is 6. The summed E-state index contributed by atoms with van der Waals surface area (Å²) in [6.07, 6.45) is 3.08. The lowest BCUT2D eigenvalue weighted by Gasteiger charge is -2.07. The van der Waals surface area contributed by atoms with Crippen molar-refractivity contribution in [1.29, 1.82) is 0 Å². The predicted octanol–water partition coefficient (Wildman–Crippen LogP) is 3.73. The summed E-state index contributed by atoms with van der Waals surface area (Å²) in [5.74, 6) is 0.765. The first kappa shape index (κ1) is 17.7. The molecule has 132 valence electrons. The Bertz CT molecular complexity index is 971. The van der Waals surface area contributed by atoms with Gasteiger partial charge in [-0.15, -0.1) is 0 Å². The fourth-order valence-corrected chi connectivity index (χ4v) is 2.46. The molecule has 0 aliphatic heterocycles. The van der Waals surface area contributed by atoms with Gasteiger partial charge in [0.25, 0.3) is 5.56 Å². The molecule has 3 rings (SSSR count). The van der Waals surface area contributed by atoms with Crippen LogP contribution < -0.4 is 15.7 Å². The van der Waals surface area contributed by atoms with Crippen LogP contribution in [0.3, 0.4) is 0 Å². The van der Waals surface area contributed by atoms with Crippen LogP contribution in [0.2, 0.25) is 5.02 Å². The fourth-order valence-electron chi connectivity index (χ4n) is 2.29. The van der Waals surface area contributed by atoms with E-state index < -0.39 is 5.56 Å². The van der Waals surface area contributed by atoms with Gasteiger partial charge in [0, 0.05) is 0 Å². The summed E-state index contributed by atoms with van der Waals surface area (Å²) in [7, 11) is 0. The van der Waals surface area contributed by atoms with Crippen LogP contribution >= 0.6 is 11.6 Å². The van der Waals surface area contributed by atoms with Gasteiger partial charge in [-0.3, -0.25) is 10.2 Å². The van der Waals surface area contributed by atoms with Crippen molar-refractivity contribution in [2.75, 3.05) is 12.0 Å². The number of hydrogen-bond donors (Lipinski definition) is 1. The second kappa shape index (κ2) is 8.31. The van der Waals surface area contributed by atoms with Crippen LogP contribution in [0.15, 0.2) is 70.7 Å². The van der Waals surface area contributed by atoms with Crippen LogP contribution in [0, 0.1) is 0 Å². The van der Waals surface area contributed by atoms with E-state index in [0.29, 0.717) is 18.0 Å². The van der Waals surface area contributed by atoms with E-state index in [-0.39, 0.29) is 5.02 Å². The molecule has 2 aromatic carbocycles. The van der Waals surface area contributed by atoms with Crippen molar-refractivity contribution < 1.29 is 4.74 Å². The van der Waals surface area contributed by atoms with Crippen molar-refractivity contribution in [2.45, 2.75) is 6.92 Å². The molecule has 6 nitrogen and oxygen atoms in total. The number of hydrazone groups is 1. The molecule has 0 aliphatic rings. The van der Waals surface area contributed by atoms with Gasteiger partial charge in [-0.05, 0) is 36.8 Å². The Labute approximate surface area is 155 Å². The lowest BCUT2D eigenvalue weighted by atomic mass is 10.2. The van der Waals surface area contributed by atoms with Gasteiger partial charge in [-0.25, -0.2) is 0 Å². The second-order valence-corrected chi connectivity index (χ2v) is 5.68. The van der Waals surface area contributed by atoms with E-state index in [2.05, 4.69) is 15.6 Å². The molecule has 0 unspecified atom stereocenters. The molecule has 1 N–H and O–H groups in total. The summed E-state index contributed by atoms with van der Waals surface area (Å²) in [5.41, 5.74) is 4.16. The van der Waals surface area contributed by atoms with Crippen molar-refractivity contribution >= 4 is 23.5 Å². The molecule has 0 fully saturated rings. The van der Waals surface area contributed by atoms with Gasteiger partial charge >= 0.3 is 0 Å². The highest BCUT2D eigenvalue weighted by atomic mass is 35.5. The molecule has 7 heteroatoms. The van der Waals surface area contributed by atoms with E-state index in [1.807, 2.05) is 49.4 Å². The number of ether oxygens (including phenoxy) is 1. The number of anilines is 1. The summed E-state index contributed by atoms with van der Waals surface area (Å²) in [5, 5.41) is 8.27. The number of halogens is 1. The molecule has 0 amide bonds. The number of hydrogen-bond acceptors (Lipinski definition) is 5. The van der Waals surface area contributed by atoms with E-state index >= 15 is 0 Å². The fraction of sp³-hybridized carbons (Fsp3) is 0.105. The monoisotopic (exact) mass is 368 g/mol. The lowest BCUT2D eigenvalue weighted by molar-refractivity contribution is 0.340. The second-order valence-electron chi connectivity index (χ2n) is 5.30. The molecule has 0 saturated carbocycles. The van der Waals surface area contributed by atoms with Gasteiger partial charge in [0.05, 0.1) is 24.7 Å². The van der Waals surface area contributed by atoms with E-state index in [0.717, 1.165) is 11.3 Å². The van der Waals surface area contributed by atoms with Gasteiger partial charge in [0.15, 0.2) is 0 Å². The molecular formula is C19H17ClN4O2. The number of para-hydroxylation sites is 1. The normalized spacial score (nSPS) is 10.8. The maximum absolute atomic E-state index is 12.4. The molecule has 1 heterocycles. The maximum atomic E-state index is 12.4. The molecule has 26 heavy (non-hydrogen) atoms. The van der Waals surface area contributed by atoms with E-state index in [4.69, 9.17) is 16.3 Å². The van der Waals surface area contributed by atoms with Crippen LogP contribution in [0.25, 0.3) is 5.69 Å². The molecule has 0 spiro atoms. The Kier molecular flexibility index (Phi) is 5.66. The highest BCUT2D eigenvalue weighted by molar-refractivity contribution is 6.32. The number of aromatic nitrogens is 2. The van der Waals surface area contributed by atoms with Crippen molar-refractivity contribution in [2.24, 2.45) is 5.10 Å². The zero-order valence-corrected chi connectivity index (χ0v) is 14.8. The summed E-state index contributed by atoms with van der Waals surface area (Å²) in [6, 6.07) is 16.6. The molecular weight excluding hydrogens is 352 g/mol. The number of nitrogens with one attached hydrogen (secondary N) is 1. The zero-order valence-electron chi connectivity index (χ0n) is 14.1. The highest BCUT2D eigenvalue weighted by Gasteiger charge is 2.09. The average molecular weight is 369 g/mol. The molecule has 0 saturated heterocycles. The standard InChI is InChI=1S/C19H17ClN4O2/c1-2-26-16-10-6-7-14(11-16)12-21-23-17-13-22-24(19(25)18(17)20)15-8-4-3-5-9-15/h3-13,23H,2H2,1H3/b21-12-. The Morgan fingerprint density at radius 3 is 2.81 bits per heavy atom. The van der Waals surface area contributed by atoms with E-state index in [1.165, 1.54) is 10.9 Å². The summed E-state index contributed by atoms with van der Waals surface area (Å²) >= 11 is 6.17. The first-order chi connectivity index (χ1) is 12.7. The Hall–Kier alpha value is -3.12. The van der Waals surface area contributed by atoms with Crippen LogP contribution in [0.1, 0.15) is 12.5 Å². The third kappa shape index (κ3) is 4.10. The summed E-state index contributed by atoms with van der Waals surface area (Å²) in [6.45, 7) is 2.52. The minimum atomic E-state index is -0.420. The van der Waals surface area contributed by atoms with Crippen molar-refractivity contribution in [3.63, 3.8) is 0 Å². The first-order valence-corrected chi connectivity index (χ1v) is 8.42. The molecule has 0 atom stereocenters. The Morgan fingerprint density at radius 1 is 1.23 bits per heavy atom. The van der Waals surface area contributed by atoms with Crippen molar-refractivity contribution in [3.8, 4) is 11.4 Å².